The van der Waals surface area contributed by atoms with Gasteiger partial charge in [-0.3, -0.25) is 9.78 Å². The van der Waals surface area contributed by atoms with Crippen molar-refractivity contribution in [2.75, 3.05) is 17.2 Å². The number of aromatic nitrogens is 3. The summed E-state index contributed by atoms with van der Waals surface area (Å²) in [6.07, 6.45) is 2.32. The minimum Gasteiger partial charge on any atom is -0.475 e. The monoisotopic (exact) mass is 413 g/mol. The van der Waals surface area contributed by atoms with Crippen molar-refractivity contribution in [3.63, 3.8) is 0 Å². The molecule has 0 radical (unpaired) electrons. The third-order valence-electron chi connectivity index (χ3n) is 3.44. The fourth-order valence-corrected chi connectivity index (χ4v) is 1.81. The summed E-state index contributed by atoms with van der Waals surface area (Å²) in [5.74, 6) is -1.74. The van der Waals surface area contributed by atoms with Crippen molar-refractivity contribution < 1.29 is 27.9 Å². The van der Waals surface area contributed by atoms with Gasteiger partial charge in [0.05, 0.1) is 24.3 Å². The number of carboxylic acid groups (broad SMARTS) is 1. The van der Waals surface area contributed by atoms with Crippen molar-refractivity contribution >= 4 is 23.4 Å². The van der Waals surface area contributed by atoms with Crippen LogP contribution >= 0.6 is 0 Å². The van der Waals surface area contributed by atoms with Crippen LogP contribution in [0.5, 0.6) is 0 Å². The summed E-state index contributed by atoms with van der Waals surface area (Å²) in [7, 11) is 0. The fraction of sp³-hybridized carbons (Fsp3) is 0.389. The highest BCUT2D eigenvalue weighted by molar-refractivity contribution is 6.03. The molecule has 2 rings (SSSR count). The lowest BCUT2D eigenvalue weighted by Gasteiger charge is -2.09. The quantitative estimate of drug-likeness (QED) is 0.663. The van der Waals surface area contributed by atoms with E-state index in [1.807, 2.05) is 13.0 Å². The highest BCUT2D eigenvalue weighted by atomic mass is 19.4. The van der Waals surface area contributed by atoms with Gasteiger partial charge >= 0.3 is 12.1 Å². The van der Waals surface area contributed by atoms with Crippen molar-refractivity contribution in [2.45, 2.75) is 33.4 Å². The van der Waals surface area contributed by atoms with E-state index in [1.165, 1.54) is 6.20 Å². The molecule has 3 N–H and O–H groups in total. The Bertz CT molecular complexity index is 811. The Balaban J connectivity index is 0.000000516. The van der Waals surface area contributed by atoms with Crippen LogP contribution in [-0.2, 0) is 4.79 Å². The molecule has 0 fully saturated rings. The van der Waals surface area contributed by atoms with Gasteiger partial charge in [-0.1, -0.05) is 13.8 Å². The zero-order chi connectivity index (χ0) is 22.0. The summed E-state index contributed by atoms with van der Waals surface area (Å²) >= 11 is 0. The van der Waals surface area contributed by atoms with Crippen LogP contribution in [-0.4, -0.2) is 44.7 Å². The molecule has 0 aromatic carbocycles. The molecule has 158 valence electrons. The number of rotatable bonds is 6. The molecule has 0 aliphatic carbocycles. The van der Waals surface area contributed by atoms with Crippen molar-refractivity contribution in [1.29, 1.82) is 0 Å². The lowest BCUT2D eigenvalue weighted by Crippen LogP contribution is -2.21. The number of hydrogen-bond donors (Lipinski definition) is 3. The first kappa shape index (κ1) is 23.8. The van der Waals surface area contributed by atoms with Gasteiger partial charge in [0.15, 0.2) is 0 Å². The molecule has 0 saturated carbocycles. The highest BCUT2D eigenvalue weighted by Gasteiger charge is 2.38. The van der Waals surface area contributed by atoms with Gasteiger partial charge in [-0.15, -0.1) is 0 Å². The topological polar surface area (TPSA) is 117 Å². The Labute approximate surface area is 165 Å². The Morgan fingerprint density at radius 2 is 1.83 bits per heavy atom. The van der Waals surface area contributed by atoms with Crippen LogP contribution < -0.4 is 10.6 Å². The Morgan fingerprint density at radius 1 is 1.17 bits per heavy atom. The number of pyridine rings is 1. The van der Waals surface area contributed by atoms with Crippen LogP contribution in [0, 0.1) is 12.8 Å². The van der Waals surface area contributed by atoms with Crippen LogP contribution in [0.1, 0.15) is 36.3 Å². The number of carbonyl (C=O) groups excluding carboxylic acids is 1. The molecule has 0 unspecified atom stereocenters. The van der Waals surface area contributed by atoms with Crippen molar-refractivity contribution in [2.24, 2.45) is 5.92 Å². The number of amides is 1. The molecule has 2 aromatic heterocycles. The molecule has 0 atom stereocenters. The zero-order valence-electron chi connectivity index (χ0n) is 16.1. The number of alkyl halides is 3. The van der Waals surface area contributed by atoms with Crippen LogP contribution in [0.2, 0.25) is 0 Å². The molecular formula is C18H22F3N5O3. The molecule has 1 amide bonds. The number of nitrogens with zero attached hydrogens (tertiary/aromatic N) is 3. The molecule has 0 saturated heterocycles. The van der Waals surface area contributed by atoms with Crippen molar-refractivity contribution in [3.05, 3.63) is 42.1 Å². The SMILES string of the molecule is Cc1ccncc1NC(=O)c1cnc(NCCC(C)C)cn1.O=C(O)C(F)(F)F. The van der Waals surface area contributed by atoms with Gasteiger partial charge in [0, 0.05) is 12.7 Å². The maximum Gasteiger partial charge on any atom is 0.490 e. The van der Waals surface area contributed by atoms with Crippen LogP contribution in [0.15, 0.2) is 30.9 Å². The average molecular weight is 413 g/mol. The first-order valence-electron chi connectivity index (χ1n) is 8.58. The maximum absolute atomic E-state index is 12.1. The van der Waals surface area contributed by atoms with Gasteiger partial charge in [0.1, 0.15) is 11.5 Å². The summed E-state index contributed by atoms with van der Waals surface area (Å²) in [6.45, 7) is 7.08. The Kier molecular flexibility index (Phi) is 8.97. The lowest BCUT2D eigenvalue weighted by molar-refractivity contribution is -0.192. The van der Waals surface area contributed by atoms with Gasteiger partial charge < -0.3 is 15.7 Å². The van der Waals surface area contributed by atoms with E-state index < -0.39 is 12.1 Å². The second-order valence-corrected chi connectivity index (χ2v) is 6.34. The molecule has 8 nitrogen and oxygen atoms in total. The molecule has 0 bridgehead atoms. The van der Waals surface area contributed by atoms with Gasteiger partial charge in [-0.2, -0.15) is 13.2 Å². The van der Waals surface area contributed by atoms with E-state index in [9.17, 15) is 18.0 Å². The van der Waals surface area contributed by atoms with Crippen LogP contribution in [0.3, 0.4) is 0 Å². The molecule has 0 aliphatic heterocycles. The van der Waals surface area contributed by atoms with Crippen molar-refractivity contribution in [1.82, 2.24) is 15.0 Å². The second-order valence-electron chi connectivity index (χ2n) is 6.34. The Hall–Kier alpha value is -3.24. The maximum atomic E-state index is 12.1. The summed E-state index contributed by atoms with van der Waals surface area (Å²) in [5, 5.41) is 13.1. The fourth-order valence-electron chi connectivity index (χ4n) is 1.81. The minimum absolute atomic E-state index is 0.276. The highest BCUT2D eigenvalue weighted by Crippen LogP contribution is 2.13. The zero-order valence-corrected chi connectivity index (χ0v) is 16.1. The Morgan fingerprint density at radius 3 is 2.31 bits per heavy atom. The second kappa shape index (κ2) is 10.9. The van der Waals surface area contributed by atoms with E-state index in [4.69, 9.17) is 9.90 Å². The van der Waals surface area contributed by atoms with Gasteiger partial charge in [-0.25, -0.2) is 14.8 Å². The van der Waals surface area contributed by atoms with E-state index in [2.05, 4.69) is 39.4 Å². The number of anilines is 2. The van der Waals surface area contributed by atoms with Crippen molar-refractivity contribution in [3.8, 4) is 0 Å². The van der Waals surface area contributed by atoms with Gasteiger partial charge in [0.2, 0.25) is 0 Å². The number of halogens is 3. The smallest absolute Gasteiger partial charge is 0.475 e. The molecule has 0 spiro atoms. The van der Waals surface area contributed by atoms with Crippen LogP contribution in [0.4, 0.5) is 24.7 Å². The summed E-state index contributed by atoms with van der Waals surface area (Å²) in [5.41, 5.74) is 1.90. The van der Waals surface area contributed by atoms with Gasteiger partial charge in [-0.05, 0) is 30.9 Å². The van der Waals surface area contributed by atoms with E-state index in [0.717, 1.165) is 18.5 Å². The van der Waals surface area contributed by atoms with E-state index >= 15 is 0 Å². The van der Waals surface area contributed by atoms with E-state index in [-0.39, 0.29) is 11.6 Å². The summed E-state index contributed by atoms with van der Waals surface area (Å²) < 4.78 is 31.7. The number of aliphatic carboxylic acids is 1. The molecule has 29 heavy (non-hydrogen) atoms. The number of hydrogen-bond acceptors (Lipinski definition) is 6. The number of nitrogens with one attached hydrogen (secondary N) is 2. The number of aryl methyl sites for hydroxylation is 1. The number of carbonyl (C=O) groups is 2. The van der Waals surface area contributed by atoms with E-state index in [0.29, 0.717) is 17.4 Å². The van der Waals surface area contributed by atoms with E-state index in [1.54, 1.807) is 18.6 Å². The van der Waals surface area contributed by atoms with Crippen LogP contribution in [0.25, 0.3) is 0 Å². The molecule has 2 aromatic rings. The normalized spacial score (nSPS) is 10.7. The lowest BCUT2D eigenvalue weighted by atomic mass is 10.1. The molecule has 0 aliphatic rings. The standard InChI is InChI=1S/C16H21N5O.C2HF3O2/c1-11(2)4-7-18-15-10-19-14(9-20-15)16(22)21-13-8-17-6-5-12(13)3;3-2(4,5)1(6)7/h5-6,8-11H,4,7H2,1-3H3,(H,18,20)(H,21,22);(H,6,7). The molecule has 2 heterocycles. The summed E-state index contributed by atoms with van der Waals surface area (Å²) in [6, 6.07) is 1.84. The average Bonchev–Trinajstić information content (AvgIpc) is 2.63. The minimum atomic E-state index is -5.08. The molecule has 11 heteroatoms. The third-order valence-corrected chi connectivity index (χ3v) is 3.44. The van der Waals surface area contributed by atoms with Gasteiger partial charge in [0.25, 0.3) is 5.91 Å². The summed E-state index contributed by atoms with van der Waals surface area (Å²) in [4.78, 5) is 33.4. The predicted molar refractivity (Wildman–Crippen MR) is 101 cm³/mol. The third kappa shape index (κ3) is 9.00. The molecular weight excluding hydrogens is 391 g/mol. The first-order chi connectivity index (χ1) is 13.5. The largest absolute Gasteiger partial charge is 0.490 e. The first-order valence-corrected chi connectivity index (χ1v) is 8.58. The number of carboxylic acids is 1. The predicted octanol–water partition coefficient (Wildman–Crippen LogP) is 3.52.